The van der Waals surface area contributed by atoms with Crippen LogP contribution in [-0.4, -0.2) is 36.9 Å². The number of amides is 1. The lowest BCUT2D eigenvalue weighted by Crippen LogP contribution is -2.33. The second-order valence-electron chi connectivity index (χ2n) is 6.95. The summed E-state index contributed by atoms with van der Waals surface area (Å²) in [6.45, 7) is 7.24. The Morgan fingerprint density at radius 1 is 1.00 bits per heavy atom. The first-order chi connectivity index (χ1) is 13.4. The summed E-state index contributed by atoms with van der Waals surface area (Å²) in [5.41, 5.74) is 2.60. The summed E-state index contributed by atoms with van der Waals surface area (Å²) >= 11 is 0. The zero-order chi connectivity index (χ0) is 20.3. The molecule has 3 rings (SSSR count). The summed E-state index contributed by atoms with van der Waals surface area (Å²) in [7, 11) is -3.54. The molecule has 28 heavy (non-hydrogen) atoms. The van der Waals surface area contributed by atoms with Gasteiger partial charge in [-0.25, -0.2) is 8.42 Å². The van der Waals surface area contributed by atoms with Crippen LogP contribution in [0.15, 0.2) is 59.6 Å². The van der Waals surface area contributed by atoms with Gasteiger partial charge in [-0.15, -0.1) is 0 Å². The molecule has 5 nitrogen and oxygen atoms in total. The van der Waals surface area contributed by atoms with Crippen LogP contribution >= 0.6 is 0 Å². The number of fused-ring (bicyclic) bond motifs is 1. The number of rotatable bonds is 7. The molecular weight excluding hydrogens is 372 g/mol. The first-order valence-electron chi connectivity index (χ1n) is 9.49. The van der Waals surface area contributed by atoms with Crippen molar-refractivity contribution in [2.45, 2.75) is 38.0 Å². The molecule has 1 amide bonds. The van der Waals surface area contributed by atoms with E-state index in [0.29, 0.717) is 18.5 Å². The first kappa shape index (κ1) is 20.1. The van der Waals surface area contributed by atoms with Crippen molar-refractivity contribution in [3.05, 3.63) is 65.9 Å². The number of likely N-dealkylation sites (N-methyl/N-ethyl adjacent to an activating group) is 1. The highest BCUT2D eigenvalue weighted by Gasteiger charge is 2.23. The Bertz CT molecular complexity index is 1080. The Morgan fingerprint density at radius 2 is 1.64 bits per heavy atom. The monoisotopic (exact) mass is 398 g/mol. The minimum Gasteiger partial charge on any atom is -0.342 e. The fraction of sp³-hybridized carbons (Fsp3) is 0.318. The highest BCUT2D eigenvalue weighted by Crippen LogP contribution is 2.28. The Kier molecular flexibility index (Phi) is 5.89. The summed E-state index contributed by atoms with van der Waals surface area (Å²) in [5.74, 6) is -0.0844. The van der Waals surface area contributed by atoms with E-state index >= 15 is 0 Å². The molecule has 148 valence electrons. The van der Waals surface area contributed by atoms with Crippen molar-refractivity contribution < 1.29 is 13.2 Å². The average Bonchev–Trinajstić information content (AvgIpc) is 3.04. The van der Waals surface area contributed by atoms with Crippen LogP contribution in [0.3, 0.4) is 0 Å². The van der Waals surface area contributed by atoms with Crippen molar-refractivity contribution in [3.63, 3.8) is 0 Å². The van der Waals surface area contributed by atoms with Crippen molar-refractivity contribution in [3.8, 4) is 0 Å². The van der Waals surface area contributed by atoms with Gasteiger partial charge in [0.1, 0.15) is 6.54 Å². The molecule has 0 N–H and O–H groups in total. The average molecular weight is 399 g/mol. The van der Waals surface area contributed by atoms with Crippen molar-refractivity contribution >= 4 is 26.6 Å². The van der Waals surface area contributed by atoms with Gasteiger partial charge in [0.05, 0.1) is 10.6 Å². The lowest BCUT2D eigenvalue weighted by atomic mass is 10.2. The number of nitrogens with zero attached hydrogens (tertiary/aromatic N) is 2. The third-order valence-corrected chi connectivity index (χ3v) is 6.69. The van der Waals surface area contributed by atoms with Crippen molar-refractivity contribution in [2.75, 3.05) is 13.1 Å². The maximum atomic E-state index is 13.1. The molecule has 0 unspecified atom stereocenters. The Morgan fingerprint density at radius 3 is 2.29 bits per heavy atom. The quantitative estimate of drug-likeness (QED) is 0.608. The maximum Gasteiger partial charge on any atom is 0.242 e. The van der Waals surface area contributed by atoms with Gasteiger partial charge in [-0.05, 0) is 32.4 Å². The van der Waals surface area contributed by atoms with Gasteiger partial charge in [0.15, 0.2) is 9.84 Å². The number of carbonyl (C=O) groups is 1. The molecule has 0 aliphatic carbocycles. The molecule has 1 aromatic heterocycles. The predicted octanol–water partition coefficient (Wildman–Crippen LogP) is 3.79. The van der Waals surface area contributed by atoms with Gasteiger partial charge in [0.2, 0.25) is 5.91 Å². The van der Waals surface area contributed by atoms with E-state index < -0.39 is 9.84 Å². The van der Waals surface area contributed by atoms with E-state index in [1.54, 1.807) is 21.7 Å². The third kappa shape index (κ3) is 4.12. The zero-order valence-corrected chi connectivity index (χ0v) is 17.4. The molecule has 0 saturated heterocycles. The Hall–Kier alpha value is -2.60. The standard InChI is InChI=1S/C22H26N2O3S/c1-4-23(5-2)22(25)15-24-14-21(19-8-6-7-9-20(19)24)28(26,27)16-18-12-10-17(3)11-13-18/h6-14H,4-5,15-16H2,1-3H3. The highest BCUT2D eigenvalue weighted by molar-refractivity contribution is 7.90. The van der Waals surface area contributed by atoms with Crippen LogP contribution in [0.5, 0.6) is 0 Å². The predicted molar refractivity (Wildman–Crippen MR) is 112 cm³/mol. The van der Waals surface area contributed by atoms with Crippen molar-refractivity contribution in [1.29, 1.82) is 0 Å². The summed E-state index contributed by atoms with van der Waals surface area (Å²) in [5, 5.41) is 0.655. The number of hydrogen-bond acceptors (Lipinski definition) is 3. The van der Waals surface area contributed by atoms with E-state index in [1.165, 1.54) is 0 Å². The fourth-order valence-corrected chi connectivity index (χ4v) is 4.98. The SMILES string of the molecule is CCN(CC)C(=O)Cn1cc(S(=O)(=O)Cc2ccc(C)cc2)c2ccccc21. The van der Waals surface area contributed by atoms with E-state index in [9.17, 15) is 13.2 Å². The van der Waals surface area contributed by atoms with Crippen molar-refractivity contribution in [2.24, 2.45) is 0 Å². The smallest absolute Gasteiger partial charge is 0.242 e. The van der Waals surface area contributed by atoms with Crippen LogP contribution in [0.25, 0.3) is 10.9 Å². The molecule has 0 bridgehead atoms. The lowest BCUT2D eigenvalue weighted by molar-refractivity contribution is -0.131. The molecular formula is C22H26N2O3S. The lowest BCUT2D eigenvalue weighted by Gasteiger charge is -2.19. The number of aryl methyl sites for hydroxylation is 1. The second-order valence-corrected chi connectivity index (χ2v) is 8.91. The van der Waals surface area contributed by atoms with Crippen LogP contribution in [0.2, 0.25) is 0 Å². The van der Waals surface area contributed by atoms with Gasteiger partial charge >= 0.3 is 0 Å². The summed E-state index contributed by atoms with van der Waals surface area (Å²) in [6, 6.07) is 14.9. The Labute approximate surface area is 166 Å². The normalized spacial score (nSPS) is 11.7. The number of para-hydroxylation sites is 1. The zero-order valence-electron chi connectivity index (χ0n) is 16.6. The molecule has 0 fully saturated rings. The molecule has 1 heterocycles. The first-order valence-corrected chi connectivity index (χ1v) is 11.1. The molecule has 6 heteroatoms. The summed E-state index contributed by atoms with van der Waals surface area (Å²) in [4.78, 5) is 14.6. The number of hydrogen-bond donors (Lipinski definition) is 0. The molecule has 0 aliphatic heterocycles. The number of aromatic nitrogens is 1. The molecule has 0 aliphatic rings. The van der Waals surface area contributed by atoms with Crippen LogP contribution in [0.1, 0.15) is 25.0 Å². The molecule has 0 spiro atoms. The minimum absolute atomic E-state index is 0.0202. The number of carbonyl (C=O) groups excluding carboxylic acids is 1. The number of benzene rings is 2. The highest BCUT2D eigenvalue weighted by atomic mass is 32.2. The van der Waals surface area contributed by atoms with Crippen LogP contribution in [0, 0.1) is 6.92 Å². The Balaban J connectivity index is 1.99. The largest absolute Gasteiger partial charge is 0.342 e. The van der Waals surface area contributed by atoms with Gasteiger partial charge in [-0.2, -0.15) is 0 Å². The van der Waals surface area contributed by atoms with Gasteiger partial charge in [-0.3, -0.25) is 4.79 Å². The van der Waals surface area contributed by atoms with E-state index in [4.69, 9.17) is 0 Å². The van der Waals surface area contributed by atoms with E-state index in [0.717, 1.165) is 16.6 Å². The third-order valence-electron chi connectivity index (χ3n) is 4.99. The van der Waals surface area contributed by atoms with E-state index in [-0.39, 0.29) is 23.1 Å². The number of sulfone groups is 1. The van der Waals surface area contributed by atoms with Crippen LogP contribution < -0.4 is 0 Å². The fourth-order valence-electron chi connectivity index (χ4n) is 3.40. The summed E-state index contributed by atoms with van der Waals surface area (Å²) < 4.78 is 28.0. The molecule has 2 aromatic carbocycles. The van der Waals surface area contributed by atoms with Gasteiger partial charge in [-0.1, -0.05) is 48.0 Å². The maximum absolute atomic E-state index is 13.1. The molecule has 0 saturated carbocycles. The van der Waals surface area contributed by atoms with Gasteiger partial charge in [0, 0.05) is 30.2 Å². The van der Waals surface area contributed by atoms with Crippen molar-refractivity contribution in [1.82, 2.24) is 9.47 Å². The van der Waals surface area contributed by atoms with E-state index in [1.807, 2.05) is 63.2 Å². The van der Waals surface area contributed by atoms with E-state index in [2.05, 4.69) is 0 Å². The summed E-state index contributed by atoms with van der Waals surface area (Å²) in [6.07, 6.45) is 1.61. The minimum atomic E-state index is -3.54. The molecule has 0 radical (unpaired) electrons. The second kappa shape index (κ2) is 8.19. The van der Waals surface area contributed by atoms with Gasteiger partial charge in [0.25, 0.3) is 0 Å². The van der Waals surface area contributed by atoms with Gasteiger partial charge < -0.3 is 9.47 Å². The van der Waals surface area contributed by atoms with Crippen LogP contribution in [0.4, 0.5) is 0 Å². The molecule has 0 atom stereocenters. The molecule has 3 aromatic rings. The van der Waals surface area contributed by atoms with Crippen LogP contribution in [-0.2, 0) is 26.9 Å². The topological polar surface area (TPSA) is 59.4 Å².